The largest absolute Gasteiger partial charge is 0.489 e. The van der Waals surface area contributed by atoms with Gasteiger partial charge in [0.15, 0.2) is 5.82 Å². The lowest BCUT2D eigenvalue weighted by atomic mass is 10.0. The SMILES string of the molecule is CCc1ccnc(-c2ccc(OCc3c(C4CC4)cccc3N(C)N)c(C)c2)n1.NNC=O. The molecule has 1 heterocycles. The van der Waals surface area contributed by atoms with Gasteiger partial charge in [-0.05, 0) is 73.6 Å². The molecule has 2 aromatic carbocycles. The molecule has 3 aromatic rings. The Morgan fingerprint density at radius 2 is 2.00 bits per heavy atom. The van der Waals surface area contributed by atoms with E-state index < -0.39 is 0 Å². The molecule has 1 aliphatic carbocycles. The van der Waals surface area contributed by atoms with Gasteiger partial charge in [0.2, 0.25) is 6.41 Å². The third-order valence-electron chi connectivity index (χ3n) is 5.53. The van der Waals surface area contributed by atoms with Gasteiger partial charge in [0.05, 0.1) is 5.69 Å². The molecule has 33 heavy (non-hydrogen) atoms. The Morgan fingerprint density at radius 1 is 1.24 bits per heavy atom. The predicted octanol–water partition coefficient (Wildman–Crippen LogP) is 3.39. The van der Waals surface area contributed by atoms with E-state index in [2.05, 4.69) is 53.9 Å². The molecule has 1 saturated carbocycles. The minimum absolute atomic E-state index is 0.403. The summed E-state index contributed by atoms with van der Waals surface area (Å²) >= 11 is 0. The molecule has 0 spiro atoms. The average Bonchev–Trinajstić information content (AvgIpc) is 3.68. The number of aryl methyl sites for hydroxylation is 2. The first-order chi connectivity index (χ1) is 16.0. The number of benzene rings is 2. The van der Waals surface area contributed by atoms with Crippen LogP contribution in [-0.4, -0.2) is 23.4 Å². The topological polar surface area (TPSA) is 119 Å². The standard InChI is InChI=1S/C24H28N4O.CH4N2O/c1-4-19-12-13-26-24(27-19)18-10-11-23(16(2)14-18)29-15-21-20(17-8-9-17)6-5-7-22(21)28(3)25;2-3-1-4/h5-7,10-14,17H,4,8-9,15,25H2,1-3H3;1H,2H2,(H,3,4). The second-order valence-electron chi connectivity index (χ2n) is 8.01. The molecular formula is C25H32N6O2. The van der Waals surface area contributed by atoms with E-state index in [4.69, 9.17) is 15.4 Å². The van der Waals surface area contributed by atoms with Crippen molar-refractivity contribution >= 4 is 12.1 Å². The first-order valence-corrected chi connectivity index (χ1v) is 11.0. The first kappa shape index (κ1) is 24.2. The molecule has 8 nitrogen and oxygen atoms in total. The maximum absolute atomic E-state index is 8.94. The van der Waals surface area contributed by atoms with Crippen LogP contribution in [0.5, 0.6) is 5.75 Å². The number of nitrogens with zero attached hydrogens (tertiary/aromatic N) is 3. The molecule has 174 valence electrons. The molecule has 0 aliphatic heterocycles. The first-order valence-electron chi connectivity index (χ1n) is 11.0. The van der Waals surface area contributed by atoms with Crippen molar-refractivity contribution in [3.8, 4) is 17.1 Å². The molecular weight excluding hydrogens is 416 g/mol. The zero-order chi connectivity index (χ0) is 23.8. The molecule has 0 atom stereocenters. The van der Waals surface area contributed by atoms with Gasteiger partial charge >= 0.3 is 0 Å². The van der Waals surface area contributed by atoms with E-state index in [0.29, 0.717) is 18.9 Å². The highest BCUT2D eigenvalue weighted by Crippen LogP contribution is 2.43. The summed E-state index contributed by atoms with van der Waals surface area (Å²) in [6.07, 6.45) is 5.61. The molecule has 0 radical (unpaired) electrons. The fourth-order valence-electron chi connectivity index (χ4n) is 3.69. The molecule has 5 N–H and O–H groups in total. The van der Waals surface area contributed by atoms with Crippen molar-refractivity contribution < 1.29 is 9.53 Å². The summed E-state index contributed by atoms with van der Waals surface area (Å²) in [4.78, 5) is 18.0. The van der Waals surface area contributed by atoms with Crippen molar-refractivity contribution in [1.29, 1.82) is 0 Å². The third-order valence-corrected chi connectivity index (χ3v) is 5.53. The van der Waals surface area contributed by atoms with Crippen molar-refractivity contribution in [1.82, 2.24) is 15.4 Å². The zero-order valence-corrected chi connectivity index (χ0v) is 19.4. The van der Waals surface area contributed by atoms with E-state index in [-0.39, 0.29) is 0 Å². The molecule has 1 aliphatic rings. The van der Waals surface area contributed by atoms with Gasteiger partial charge in [0.25, 0.3) is 0 Å². The van der Waals surface area contributed by atoms with Crippen molar-refractivity contribution in [2.24, 2.45) is 11.7 Å². The van der Waals surface area contributed by atoms with E-state index in [1.54, 1.807) is 10.4 Å². The average molecular weight is 449 g/mol. The fourth-order valence-corrected chi connectivity index (χ4v) is 3.69. The Balaban J connectivity index is 0.000000709. The van der Waals surface area contributed by atoms with Gasteiger partial charge in [-0.15, -0.1) is 0 Å². The lowest BCUT2D eigenvalue weighted by Crippen LogP contribution is -2.27. The van der Waals surface area contributed by atoms with Crippen LogP contribution in [0.1, 0.15) is 48.1 Å². The summed E-state index contributed by atoms with van der Waals surface area (Å²) in [6, 6.07) is 14.4. The molecule has 1 fully saturated rings. The summed E-state index contributed by atoms with van der Waals surface area (Å²) in [6.45, 7) is 4.66. The molecule has 1 amide bonds. The van der Waals surface area contributed by atoms with Gasteiger partial charge in [0.1, 0.15) is 12.4 Å². The minimum Gasteiger partial charge on any atom is -0.489 e. The highest BCUT2D eigenvalue weighted by atomic mass is 16.5. The normalized spacial score (nSPS) is 12.4. The van der Waals surface area contributed by atoms with Crippen LogP contribution in [0, 0.1) is 6.92 Å². The quantitative estimate of drug-likeness (QED) is 0.209. The van der Waals surface area contributed by atoms with E-state index in [1.165, 1.54) is 24.0 Å². The van der Waals surface area contributed by atoms with Crippen LogP contribution in [0.2, 0.25) is 0 Å². The number of nitrogens with one attached hydrogen (secondary N) is 1. The minimum atomic E-state index is 0.403. The number of ether oxygens (including phenoxy) is 1. The lowest BCUT2D eigenvalue weighted by molar-refractivity contribution is -0.109. The summed E-state index contributed by atoms with van der Waals surface area (Å²) in [5.74, 6) is 12.7. The monoisotopic (exact) mass is 448 g/mol. The van der Waals surface area contributed by atoms with Gasteiger partial charge in [0, 0.05) is 30.1 Å². The maximum atomic E-state index is 8.94. The molecule has 8 heteroatoms. The van der Waals surface area contributed by atoms with Gasteiger partial charge in [-0.3, -0.25) is 10.2 Å². The number of hydrogen-bond acceptors (Lipinski definition) is 7. The summed E-state index contributed by atoms with van der Waals surface area (Å²) < 4.78 is 6.25. The predicted molar refractivity (Wildman–Crippen MR) is 130 cm³/mol. The second kappa shape index (κ2) is 11.4. The summed E-state index contributed by atoms with van der Waals surface area (Å²) in [5.41, 5.74) is 8.43. The van der Waals surface area contributed by atoms with Crippen LogP contribution >= 0.6 is 0 Å². The van der Waals surface area contributed by atoms with E-state index >= 15 is 0 Å². The molecule has 4 rings (SSSR count). The number of aromatic nitrogens is 2. The Morgan fingerprint density at radius 3 is 2.61 bits per heavy atom. The molecule has 0 bridgehead atoms. The number of rotatable bonds is 8. The van der Waals surface area contributed by atoms with E-state index in [0.717, 1.165) is 40.5 Å². The fraction of sp³-hybridized carbons (Fsp3) is 0.320. The smallest absolute Gasteiger partial charge is 0.221 e. The van der Waals surface area contributed by atoms with Gasteiger partial charge < -0.3 is 9.75 Å². The Bertz CT molecular complexity index is 1060. The number of carbonyl (C=O) groups excluding carboxylic acids is 1. The Labute approximate surface area is 194 Å². The van der Waals surface area contributed by atoms with Gasteiger partial charge in [-0.2, -0.15) is 0 Å². The van der Waals surface area contributed by atoms with Crippen LogP contribution < -0.4 is 26.9 Å². The van der Waals surface area contributed by atoms with Crippen LogP contribution in [0.15, 0.2) is 48.7 Å². The number of anilines is 1. The van der Waals surface area contributed by atoms with Gasteiger partial charge in [-0.1, -0.05) is 19.1 Å². The lowest BCUT2D eigenvalue weighted by Gasteiger charge is -2.21. The van der Waals surface area contributed by atoms with E-state index in [1.807, 2.05) is 31.4 Å². The summed E-state index contributed by atoms with van der Waals surface area (Å²) in [7, 11) is 1.87. The van der Waals surface area contributed by atoms with Crippen LogP contribution in [0.4, 0.5) is 5.69 Å². The van der Waals surface area contributed by atoms with Crippen molar-refractivity contribution in [2.45, 2.75) is 45.6 Å². The van der Waals surface area contributed by atoms with Crippen molar-refractivity contribution in [3.63, 3.8) is 0 Å². The maximum Gasteiger partial charge on any atom is 0.221 e. The number of carbonyl (C=O) groups is 1. The number of hydrazine groups is 2. The van der Waals surface area contributed by atoms with Crippen LogP contribution in [0.3, 0.4) is 0 Å². The Hall–Kier alpha value is -3.49. The van der Waals surface area contributed by atoms with E-state index in [9.17, 15) is 0 Å². The highest BCUT2D eigenvalue weighted by molar-refractivity contribution is 5.59. The summed E-state index contributed by atoms with van der Waals surface area (Å²) in [5, 5.41) is 1.68. The van der Waals surface area contributed by atoms with Crippen molar-refractivity contribution in [2.75, 3.05) is 12.1 Å². The number of hydrogen-bond donors (Lipinski definition) is 3. The molecule has 0 unspecified atom stereocenters. The van der Waals surface area contributed by atoms with Crippen LogP contribution in [-0.2, 0) is 17.8 Å². The van der Waals surface area contributed by atoms with Crippen LogP contribution in [0.25, 0.3) is 11.4 Å². The van der Waals surface area contributed by atoms with Gasteiger partial charge in [-0.25, -0.2) is 21.7 Å². The Kier molecular flexibility index (Phi) is 8.34. The number of nitrogens with two attached hydrogens (primary N) is 2. The third kappa shape index (κ3) is 6.27. The molecule has 1 aromatic heterocycles. The highest BCUT2D eigenvalue weighted by Gasteiger charge is 2.27. The van der Waals surface area contributed by atoms with Crippen molar-refractivity contribution in [3.05, 3.63) is 71.0 Å². The number of amides is 1. The second-order valence-corrected chi connectivity index (χ2v) is 8.01. The molecule has 0 saturated heterocycles. The zero-order valence-electron chi connectivity index (χ0n) is 19.4.